The molecule has 0 fully saturated rings. The second-order valence-corrected chi connectivity index (χ2v) is 36.9. The van der Waals surface area contributed by atoms with Crippen LogP contribution in [0.4, 0.5) is 0 Å². The number of aromatic nitrogens is 2. The van der Waals surface area contributed by atoms with Crippen molar-refractivity contribution in [3.8, 4) is 5.75 Å². The van der Waals surface area contributed by atoms with Crippen LogP contribution in [0.1, 0.15) is 292 Å². The number of ketones is 6. The Labute approximate surface area is 785 Å². The summed E-state index contributed by atoms with van der Waals surface area (Å²) in [6.07, 6.45) is 20.9. The molecule has 0 bridgehead atoms. The fraction of sp³-hybridized carbons (Fsp3) is 0.723. The number of aromatic amines is 1. The van der Waals surface area contributed by atoms with Crippen molar-refractivity contribution < 1.29 is 92.3 Å². The maximum absolute atomic E-state index is 14.7. The van der Waals surface area contributed by atoms with Crippen LogP contribution >= 0.6 is 11.8 Å². The van der Waals surface area contributed by atoms with E-state index in [0.29, 0.717) is 68.6 Å². The molecular weight excluding hydrogens is 1720 g/mol. The average Bonchev–Trinajstić information content (AvgIpc) is 1.22. The first-order chi connectivity index (χ1) is 62.6. The molecule has 0 aliphatic rings. The van der Waals surface area contributed by atoms with Crippen LogP contribution in [0.2, 0.25) is 0 Å². The second kappa shape index (κ2) is 70.0. The van der Waals surface area contributed by atoms with Crippen LogP contribution in [0.5, 0.6) is 5.75 Å². The number of carboxylic acid groups (broad SMARTS) is 1. The third-order valence-electron chi connectivity index (χ3n) is 22.9. The number of H-pyrrole nitrogens is 1. The number of aromatic hydroxyl groups is 1. The lowest BCUT2D eigenvalue weighted by Gasteiger charge is -2.27. The number of nitrogens with zero attached hydrogens (tertiary/aromatic N) is 3. The highest BCUT2D eigenvalue weighted by atomic mass is 32.2. The van der Waals surface area contributed by atoms with Gasteiger partial charge in [0.1, 0.15) is 17.6 Å². The quantitative estimate of drug-likeness (QED) is 0.0211. The van der Waals surface area contributed by atoms with Gasteiger partial charge in [0, 0.05) is 100 Å². The number of carbonyl (C=O) groups is 15. The van der Waals surface area contributed by atoms with Crippen molar-refractivity contribution >= 4 is 112 Å². The van der Waals surface area contributed by atoms with E-state index in [1.165, 1.54) is 127 Å². The Balaban J connectivity index is 0.00000151. The molecule has 14 atom stereocenters. The predicted octanol–water partition coefficient (Wildman–Crippen LogP) is 5.82. The number of nitrogens with two attached hydrogens (primary N) is 7. The molecule has 2 rings (SSSR count). The number of aliphatic imine (C=N–C) groups is 2. The molecule has 132 heavy (non-hydrogen) atoms. The normalized spacial score (nSPS) is 14.5. The molecule has 1 aromatic heterocycles. The van der Waals surface area contributed by atoms with Gasteiger partial charge in [-0.2, -0.15) is 11.8 Å². The number of unbranched alkanes of at least 4 members (excludes halogenated alkanes) is 14. The maximum atomic E-state index is 14.7. The number of phenolic OH excluding ortho intramolecular Hbond substituents is 1. The third kappa shape index (κ3) is 55.0. The first-order valence-electron chi connectivity index (χ1n) is 47.4. The fourth-order valence-corrected chi connectivity index (χ4v) is 15.8. The van der Waals surface area contributed by atoms with Gasteiger partial charge in [-0.15, -0.1) is 0 Å². The van der Waals surface area contributed by atoms with E-state index in [0.717, 1.165) is 32.1 Å². The number of primary amides is 1. The number of imidazole rings is 1. The molecule has 0 aliphatic heterocycles. The number of nitrogens with one attached hydrogen (secondary N) is 8. The topological polar surface area (TPSA) is 657 Å². The van der Waals surface area contributed by atoms with Gasteiger partial charge < -0.3 is 108 Å². The summed E-state index contributed by atoms with van der Waals surface area (Å²) >= 11 is 1.34. The van der Waals surface area contributed by atoms with Crippen LogP contribution in [-0.4, -0.2) is 223 Å². The summed E-state index contributed by atoms with van der Waals surface area (Å²) in [5, 5.41) is 59.7. The summed E-state index contributed by atoms with van der Waals surface area (Å²) in [6, 6.07) is -1.41. The molecule has 0 radical (unpaired) electrons. The number of phenols is 1. The van der Waals surface area contributed by atoms with Crippen molar-refractivity contribution in [3.05, 3.63) is 48.0 Å². The molecule has 37 nitrogen and oxygen atoms in total. The molecule has 8 amide bonds. The molecule has 0 saturated heterocycles. The number of benzene rings is 1. The van der Waals surface area contributed by atoms with Crippen molar-refractivity contribution in [2.45, 2.75) is 342 Å². The number of hydrogen-bond acceptors (Lipinski definition) is 24. The smallest absolute Gasteiger partial charge is 0.305 e. The van der Waals surface area contributed by atoms with E-state index in [2.05, 4.69) is 64.1 Å². The summed E-state index contributed by atoms with van der Waals surface area (Å²) < 4.78 is 0. The van der Waals surface area contributed by atoms with Gasteiger partial charge in [-0.05, 0) is 172 Å². The Bertz CT molecular complexity index is 3840. The zero-order valence-electron chi connectivity index (χ0n) is 80.1. The monoisotopic (exact) mass is 1880 g/mol. The van der Waals surface area contributed by atoms with E-state index in [-0.39, 0.29) is 143 Å². The molecule has 0 aliphatic carbocycles. The van der Waals surface area contributed by atoms with Crippen LogP contribution in [0, 0.1) is 47.3 Å². The number of aliphatic carboxylic acids is 1. The van der Waals surface area contributed by atoms with Crippen molar-refractivity contribution in [1.82, 2.24) is 47.2 Å². The van der Waals surface area contributed by atoms with E-state index in [1.807, 2.05) is 34.6 Å². The zero-order valence-corrected chi connectivity index (χ0v) is 80.9. The number of Topliss-reactive ketones (excluding diaryl/α,β-unsaturated/α-hetero) is 6. The van der Waals surface area contributed by atoms with Crippen molar-refractivity contribution in [2.24, 2.45) is 97.5 Å². The van der Waals surface area contributed by atoms with Crippen molar-refractivity contribution in [1.29, 1.82) is 0 Å². The number of carbonyl (C=O) groups excluding carboxylic acids is 14. The lowest BCUT2D eigenvalue weighted by Crippen LogP contribution is -2.51. The van der Waals surface area contributed by atoms with E-state index in [9.17, 15) is 92.3 Å². The van der Waals surface area contributed by atoms with Gasteiger partial charge in [0.15, 0.2) is 40.8 Å². The van der Waals surface area contributed by atoms with Gasteiger partial charge in [0.2, 0.25) is 47.3 Å². The molecule has 26 N–H and O–H groups in total. The minimum atomic E-state index is -1.80. The molecule has 0 spiro atoms. The first-order valence-corrected chi connectivity index (χ1v) is 48.8. The summed E-state index contributed by atoms with van der Waals surface area (Å²) in [5.74, 6) is -16.2. The Morgan fingerprint density at radius 2 is 0.917 bits per heavy atom. The summed E-state index contributed by atoms with van der Waals surface area (Å²) in [5.41, 5.74) is 40.1. The summed E-state index contributed by atoms with van der Waals surface area (Å²) in [4.78, 5) is 217. The number of carboxylic acids is 1. The van der Waals surface area contributed by atoms with Gasteiger partial charge in [-0.3, -0.25) is 77.1 Å². The molecule has 1 heterocycles. The van der Waals surface area contributed by atoms with Gasteiger partial charge in [0.25, 0.3) is 0 Å². The van der Waals surface area contributed by atoms with Gasteiger partial charge in [-0.1, -0.05) is 130 Å². The van der Waals surface area contributed by atoms with Crippen molar-refractivity contribution in [3.63, 3.8) is 0 Å². The molecule has 0 saturated carbocycles. The first kappa shape index (κ1) is 120. The highest BCUT2D eigenvalue weighted by Crippen LogP contribution is 2.26. The summed E-state index contributed by atoms with van der Waals surface area (Å²) in [6.45, 7) is 16.5. The van der Waals surface area contributed by atoms with Crippen LogP contribution in [0.15, 0.2) is 46.8 Å². The molecular formula is C94H162N18O19S. The van der Waals surface area contributed by atoms with Gasteiger partial charge in [-0.25, -0.2) is 4.98 Å². The lowest BCUT2D eigenvalue weighted by atomic mass is 9.88. The minimum absolute atomic E-state index is 0.0139. The van der Waals surface area contributed by atoms with E-state index in [4.69, 9.17) is 40.1 Å². The van der Waals surface area contributed by atoms with Gasteiger partial charge in [0.05, 0.1) is 73.4 Å². The predicted molar refractivity (Wildman–Crippen MR) is 511 cm³/mol. The summed E-state index contributed by atoms with van der Waals surface area (Å²) in [7, 11) is 0. The minimum Gasteiger partial charge on any atom is -0.508 e. The number of thioether (sulfide) groups is 1. The number of rotatable bonds is 76. The van der Waals surface area contributed by atoms with Crippen LogP contribution in [0.25, 0.3) is 0 Å². The molecule has 0 unspecified atom stereocenters. The number of guanidine groups is 2. The number of hydrogen-bond donors (Lipinski definition) is 19. The largest absolute Gasteiger partial charge is 0.508 e. The lowest BCUT2D eigenvalue weighted by molar-refractivity contribution is -0.142. The average molecular weight is 1880 g/mol. The Morgan fingerprint density at radius 1 is 0.462 bits per heavy atom. The number of aliphatic hydroxyl groups is 2. The SMILES string of the molecule is CCCCCCCCCCCCCCCC(=O)N[C@@H](C)C(=O)N[C@@H](CCCCN)C(=O)C[C@@H](CC(C)C)C(=O)N[C@H](C)CCCN=C(N)N.CSCC[C@H](NC(=O)[C@H](CO)CC(C)=O)C(=O)C[C@H](C(=O)N[C@@H](CC(=O)O)C(=O)C[C@@H](CCCCN)C(=O)N[C@@H](Cc1ccc(O)cc1)C(=O)C[C@@H](CCCN=C(N)N)C(=O)N[C@@H](CC(C)C)C(=O)C[C@@H](Cc1cnc[nH]1)C(N)=O)[C@@H](C)O. The zero-order chi connectivity index (χ0) is 99.2. The number of amides is 8. The molecule has 2 aromatic rings. The van der Waals surface area contributed by atoms with Crippen molar-refractivity contribution in [2.75, 3.05) is 44.8 Å². The Hall–Kier alpha value is -9.79. The standard InChI is InChI=1S/C56H87N11O15S.C38H75N7O4/c1-31(2)19-43(48(74)25-37(51(58)78)22-39-28-61-30-63-39)65-53(80)36(10-8-17-62-56(59)60)24-46(72)44(21-34-11-13-40(71)14-12-34)66-52(79)35(9-6-7-16-57)23-47(73)45(27-50(76)77)67-55(82)41(33(4)70)26-49(75)42(15-18-83-5)64-54(81)38(29-68)20-32(3)69;1-6-7-8-9-10-11-12-13-14-15-16-17-18-24-35(47)44-31(5)36(48)45-33(23-19-20-25-39)34(46)28-32(27-29(2)3)37(49)43-30(4)22-21-26-42-38(40)41/h11-14,28,30-31,33,35-38,41-45,68,70-71H,6-10,15-27,29,57H2,1-5H3,(H2,58,78)(H,61,63)(H,64,81)(H,65,80)(H,66,79)(H,67,82)(H,76,77)(H4,59,60,62);29-33H,6-28,39H2,1-5H3,(H,43,49)(H,44,47)(H,45,48)(H4,40,41,42)/t33-,35-,36-,37-,38+,41+,42+,43+,44+,45+;30-,31+,32-,33+/m11/s1. The maximum Gasteiger partial charge on any atom is 0.305 e. The Kier molecular flexibility index (Phi) is 63.7. The third-order valence-corrected chi connectivity index (χ3v) is 23.5. The fourth-order valence-electron chi connectivity index (χ4n) is 15.3. The van der Waals surface area contributed by atoms with E-state index < -0.39 is 175 Å². The molecule has 38 heteroatoms. The molecule has 748 valence electrons. The number of aliphatic hydroxyl groups excluding tert-OH is 2. The van der Waals surface area contributed by atoms with E-state index >= 15 is 0 Å². The van der Waals surface area contributed by atoms with Crippen LogP contribution < -0.4 is 77.4 Å². The van der Waals surface area contributed by atoms with Crippen LogP contribution in [0.3, 0.4) is 0 Å². The highest BCUT2D eigenvalue weighted by molar-refractivity contribution is 7.98. The molecule has 1 aromatic carbocycles. The van der Waals surface area contributed by atoms with E-state index in [1.54, 1.807) is 13.2 Å². The van der Waals surface area contributed by atoms with Crippen LogP contribution in [-0.2, 0) is 84.8 Å². The highest BCUT2D eigenvalue weighted by Gasteiger charge is 2.39. The second-order valence-electron chi connectivity index (χ2n) is 35.9. The van der Waals surface area contributed by atoms with Gasteiger partial charge >= 0.3 is 5.97 Å². The Morgan fingerprint density at radius 3 is 1.42 bits per heavy atom.